The number of aryl methyl sites for hydroxylation is 1. The minimum atomic E-state index is -0.0993. The van der Waals surface area contributed by atoms with Crippen LogP contribution in [-0.4, -0.2) is 38.7 Å². The summed E-state index contributed by atoms with van der Waals surface area (Å²) in [7, 11) is 0. The highest BCUT2D eigenvalue weighted by atomic mass is 16.3. The highest BCUT2D eigenvalue weighted by Crippen LogP contribution is 2.15. The van der Waals surface area contributed by atoms with Crippen molar-refractivity contribution in [3.63, 3.8) is 0 Å². The molecule has 1 aromatic carbocycles. The second-order valence-electron chi connectivity index (χ2n) is 6.98. The van der Waals surface area contributed by atoms with E-state index in [-0.39, 0.29) is 5.91 Å². The van der Waals surface area contributed by atoms with E-state index in [0.29, 0.717) is 12.1 Å². The molecule has 0 atom stereocenters. The quantitative estimate of drug-likeness (QED) is 0.712. The van der Waals surface area contributed by atoms with Gasteiger partial charge in [-0.15, -0.1) is 10.2 Å². The van der Waals surface area contributed by atoms with Crippen LogP contribution >= 0.6 is 0 Å². The van der Waals surface area contributed by atoms with Gasteiger partial charge in [0.1, 0.15) is 17.3 Å². The van der Waals surface area contributed by atoms with Crippen LogP contribution in [0.1, 0.15) is 40.5 Å². The van der Waals surface area contributed by atoms with E-state index >= 15 is 0 Å². The van der Waals surface area contributed by atoms with Gasteiger partial charge in [0.15, 0.2) is 5.82 Å². The molecule has 146 valence electrons. The monoisotopic (exact) mass is 379 g/mol. The first-order chi connectivity index (χ1) is 13.7. The summed E-state index contributed by atoms with van der Waals surface area (Å²) in [6, 6.07) is 13.3. The van der Waals surface area contributed by atoms with Crippen molar-refractivity contribution in [3.05, 3.63) is 71.2 Å². The van der Waals surface area contributed by atoms with Crippen molar-refractivity contribution < 1.29 is 9.21 Å². The van der Waals surface area contributed by atoms with Gasteiger partial charge < -0.3 is 14.3 Å². The summed E-state index contributed by atoms with van der Waals surface area (Å²) in [5, 5.41) is 11.6. The van der Waals surface area contributed by atoms with Crippen LogP contribution in [0.3, 0.4) is 0 Å². The summed E-state index contributed by atoms with van der Waals surface area (Å²) >= 11 is 0. The van der Waals surface area contributed by atoms with Gasteiger partial charge in [-0.2, -0.15) is 0 Å². The van der Waals surface area contributed by atoms with Crippen LogP contribution in [0.4, 0.5) is 0 Å². The summed E-state index contributed by atoms with van der Waals surface area (Å²) in [5.41, 5.74) is 0.647. The third-order valence-corrected chi connectivity index (χ3v) is 5.08. The van der Waals surface area contributed by atoms with Crippen molar-refractivity contribution in [2.75, 3.05) is 13.1 Å². The number of carbonyl (C=O) groups is 1. The van der Waals surface area contributed by atoms with Crippen LogP contribution in [0, 0.1) is 0 Å². The van der Waals surface area contributed by atoms with E-state index in [9.17, 15) is 4.79 Å². The van der Waals surface area contributed by atoms with Gasteiger partial charge in [-0.1, -0.05) is 25.1 Å². The number of nitrogens with zero attached hydrogens (tertiary/aromatic N) is 4. The second-order valence-corrected chi connectivity index (χ2v) is 6.98. The normalized spacial score (nSPS) is 14.5. The molecule has 28 heavy (non-hydrogen) atoms. The van der Waals surface area contributed by atoms with Crippen molar-refractivity contribution in [1.82, 2.24) is 25.0 Å². The number of rotatable bonds is 6. The van der Waals surface area contributed by atoms with E-state index in [0.717, 1.165) is 62.2 Å². The maximum atomic E-state index is 12.3. The third kappa shape index (κ3) is 4.14. The average Bonchev–Trinajstić information content (AvgIpc) is 3.30. The first kappa shape index (κ1) is 18.4. The zero-order chi connectivity index (χ0) is 19.3. The molecule has 0 radical (unpaired) electrons. The minimum absolute atomic E-state index is 0.0993. The maximum absolute atomic E-state index is 12.3. The Morgan fingerprint density at radius 3 is 2.68 bits per heavy atom. The van der Waals surface area contributed by atoms with Crippen molar-refractivity contribution >= 4 is 5.91 Å². The van der Waals surface area contributed by atoms with Crippen molar-refractivity contribution in [1.29, 1.82) is 0 Å². The first-order valence-corrected chi connectivity index (χ1v) is 9.77. The fourth-order valence-electron chi connectivity index (χ4n) is 3.48. The Labute approximate surface area is 164 Å². The summed E-state index contributed by atoms with van der Waals surface area (Å²) in [6.45, 7) is 5.89. The van der Waals surface area contributed by atoms with Gasteiger partial charge in [0.25, 0.3) is 5.91 Å². The third-order valence-electron chi connectivity index (χ3n) is 5.08. The molecule has 1 aliphatic heterocycles. The Bertz CT molecular complexity index is 931. The molecule has 0 unspecified atom stereocenters. The molecule has 0 fully saturated rings. The molecule has 4 rings (SSSR count). The lowest BCUT2D eigenvalue weighted by Crippen LogP contribution is -2.27. The molecule has 3 heterocycles. The maximum Gasteiger partial charge on any atom is 0.251 e. The van der Waals surface area contributed by atoms with Gasteiger partial charge in [0.2, 0.25) is 0 Å². The Morgan fingerprint density at radius 1 is 1.07 bits per heavy atom. The SMILES string of the molecule is CCc1ccc(CN2CCc3nnc(CNC(=O)c4ccccc4)n3CC2)o1. The number of fused-ring (bicyclic) bond motifs is 1. The van der Waals surface area contributed by atoms with E-state index in [4.69, 9.17) is 4.42 Å². The Balaban J connectivity index is 1.36. The Kier molecular flexibility index (Phi) is 5.53. The van der Waals surface area contributed by atoms with Gasteiger partial charge in [0, 0.05) is 38.0 Å². The smallest absolute Gasteiger partial charge is 0.251 e. The Morgan fingerprint density at radius 2 is 1.89 bits per heavy atom. The number of carbonyl (C=O) groups excluding carboxylic acids is 1. The van der Waals surface area contributed by atoms with Crippen molar-refractivity contribution in [2.45, 2.75) is 39.4 Å². The Hall–Kier alpha value is -2.93. The van der Waals surface area contributed by atoms with Gasteiger partial charge in [-0.05, 0) is 24.3 Å². The molecular formula is C21H25N5O2. The fraction of sp³-hybridized carbons (Fsp3) is 0.381. The lowest BCUT2D eigenvalue weighted by molar-refractivity contribution is 0.0949. The number of aromatic nitrogens is 3. The zero-order valence-electron chi connectivity index (χ0n) is 16.1. The molecule has 0 aliphatic carbocycles. The minimum Gasteiger partial charge on any atom is -0.465 e. The van der Waals surface area contributed by atoms with E-state index < -0.39 is 0 Å². The van der Waals surface area contributed by atoms with E-state index in [1.807, 2.05) is 18.2 Å². The van der Waals surface area contributed by atoms with Crippen molar-refractivity contribution in [2.24, 2.45) is 0 Å². The standard InChI is InChI=1S/C21H25N5O2/c1-2-17-8-9-18(28-17)15-25-11-10-19-23-24-20(26(19)13-12-25)14-22-21(27)16-6-4-3-5-7-16/h3-9H,2,10-15H2,1H3,(H,22,27). The van der Waals surface area contributed by atoms with Gasteiger partial charge in [-0.3, -0.25) is 9.69 Å². The van der Waals surface area contributed by atoms with Crippen LogP contribution in [0.25, 0.3) is 0 Å². The molecule has 0 bridgehead atoms. The van der Waals surface area contributed by atoms with Crippen LogP contribution in [0.5, 0.6) is 0 Å². The molecule has 7 nitrogen and oxygen atoms in total. The second kappa shape index (κ2) is 8.39. The van der Waals surface area contributed by atoms with E-state index in [2.05, 4.69) is 44.0 Å². The molecule has 1 amide bonds. The van der Waals surface area contributed by atoms with Crippen LogP contribution in [0.15, 0.2) is 46.9 Å². The number of hydrogen-bond acceptors (Lipinski definition) is 5. The zero-order valence-corrected chi connectivity index (χ0v) is 16.1. The van der Waals surface area contributed by atoms with Gasteiger partial charge in [-0.25, -0.2) is 0 Å². The van der Waals surface area contributed by atoms with Gasteiger partial charge in [0.05, 0.1) is 13.1 Å². The largest absolute Gasteiger partial charge is 0.465 e. The molecule has 7 heteroatoms. The molecule has 1 aliphatic rings. The molecule has 0 saturated carbocycles. The summed E-state index contributed by atoms with van der Waals surface area (Å²) < 4.78 is 7.97. The fourth-order valence-corrected chi connectivity index (χ4v) is 3.48. The molecule has 0 saturated heterocycles. The van der Waals surface area contributed by atoms with Crippen molar-refractivity contribution in [3.8, 4) is 0 Å². The lowest BCUT2D eigenvalue weighted by atomic mass is 10.2. The highest BCUT2D eigenvalue weighted by Gasteiger charge is 2.20. The highest BCUT2D eigenvalue weighted by molar-refractivity contribution is 5.93. The first-order valence-electron chi connectivity index (χ1n) is 9.77. The predicted octanol–water partition coefficient (Wildman–Crippen LogP) is 2.42. The number of nitrogens with one attached hydrogen (secondary N) is 1. The van der Waals surface area contributed by atoms with Gasteiger partial charge >= 0.3 is 0 Å². The molecule has 3 aromatic rings. The number of amides is 1. The predicted molar refractivity (Wildman–Crippen MR) is 105 cm³/mol. The molecular weight excluding hydrogens is 354 g/mol. The number of hydrogen-bond donors (Lipinski definition) is 1. The molecule has 2 aromatic heterocycles. The van der Waals surface area contributed by atoms with Crippen LogP contribution in [-0.2, 0) is 32.5 Å². The van der Waals surface area contributed by atoms with Crippen LogP contribution < -0.4 is 5.32 Å². The lowest BCUT2D eigenvalue weighted by Gasteiger charge is -2.18. The van der Waals surface area contributed by atoms with E-state index in [1.54, 1.807) is 12.1 Å². The van der Waals surface area contributed by atoms with E-state index in [1.165, 1.54) is 0 Å². The number of furan rings is 1. The topological polar surface area (TPSA) is 76.2 Å². The average molecular weight is 379 g/mol. The van der Waals surface area contributed by atoms with Crippen LogP contribution in [0.2, 0.25) is 0 Å². The molecule has 0 spiro atoms. The number of benzene rings is 1. The summed E-state index contributed by atoms with van der Waals surface area (Å²) in [4.78, 5) is 14.6. The summed E-state index contributed by atoms with van der Waals surface area (Å²) in [6.07, 6.45) is 1.75. The summed E-state index contributed by atoms with van der Waals surface area (Å²) in [5.74, 6) is 3.70. The molecule has 1 N–H and O–H groups in total.